The van der Waals surface area contributed by atoms with Crippen LogP contribution in [0.3, 0.4) is 0 Å². The van der Waals surface area contributed by atoms with E-state index < -0.39 is 0 Å². The molecule has 0 aromatic carbocycles. The molecule has 0 aliphatic carbocycles. The third kappa shape index (κ3) is 4.82. The molecule has 0 N–H and O–H groups in total. The highest BCUT2D eigenvalue weighted by atomic mass is 16.5. The maximum Gasteiger partial charge on any atom is 0.238 e. The topological polar surface area (TPSA) is 80.7 Å². The minimum absolute atomic E-state index is 0.173. The summed E-state index contributed by atoms with van der Waals surface area (Å²) in [5.74, 6) is 1.43. The summed E-state index contributed by atoms with van der Waals surface area (Å²) in [6.45, 7) is 4.99. The summed E-state index contributed by atoms with van der Waals surface area (Å²) in [6.07, 6.45) is 8.67. The molecule has 0 spiro atoms. The van der Waals surface area contributed by atoms with Gasteiger partial charge in [-0.15, -0.1) is 0 Å². The van der Waals surface area contributed by atoms with E-state index in [0.29, 0.717) is 37.9 Å². The lowest BCUT2D eigenvalue weighted by molar-refractivity contribution is -0.134. The van der Waals surface area contributed by atoms with E-state index in [-0.39, 0.29) is 11.8 Å². The molecule has 1 amide bonds. The predicted octanol–water partition coefficient (Wildman–Crippen LogP) is 1.70. The Morgan fingerprint density at radius 3 is 2.89 bits per heavy atom. The first-order chi connectivity index (χ1) is 13.8. The number of aromatic nitrogens is 3. The summed E-state index contributed by atoms with van der Waals surface area (Å²) in [5.41, 5.74) is 0.866. The molecule has 8 heteroatoms. The minimum Gasteiger partial charge on any atom is -0.436 e. The SMILES string of the molecule is O=C(CN1CCOCC1)N1CCC[C@H](c2cncc(Oc3cccnc3)n2)C1. The van der Waals surface area contributed by atoms with Gasteiger partial charge in [0.05, 0.1) is 37.8 Å². The third-order valence-electron chi connectivity index (χ3n) is 5.14. The van der Waals surface area contributed by atoms with Crippen molar-refractivity contribution in [2.75, 3.05) is 45.9 Å². The van der Waals surface area contributed by atoms with Crippen LogP contribution < -0.4 is 4.74 Å². The fraction of sp³-hybridized carbons (Fsp3) is 0.500. The largest absolute Gasteiger partial charge is 0.436 e. The molecule has 28 heavy (non-hydrogen) atoms. The molecule has 0 radical (unpaired) electrons. The van der Waals surface area contributed by atoms with Gasteiger partial charge in [0.1, 0.15) is 5.75 Å². The molecule has 2 saturated heterocycles. The maximum absolute atomic E-state index is 12.7. The number of rotatable bonds is 5. The second kappa shape index (κ2) is 9.07. The van der Waals surface area contributed by atoms with Crippen molar-refractivity contribution in [3.05, 3.63) is 42.6 Å². The molecule has 1 atom stereocenters. The Balaban J connectivity index is 1.38. The number of pyridine rings is 1. The van der Waals surface area contributed by atoms with Gasteiger partial charge in [0, 0.05) is 44.5 Å². The number of nitrogens with zero attached hydrogens (tertiary/aromatic N) is 5. The van der Waals surface area contributed by atoms with Crippen LogP contribution in [-0.2, 0) is 9.53 Å². The Morgan fingerprint density at radius 2 is 2.07 bits per heavy atom. The number of amides is 1. The van der Waals surface area contributed by atoms with Crippen LogP contribution in [0, 0.1) is 0 Å². The summed E-state index contributed by atoms with van der Waals surface area (Å²) < 4.78 is 11.1. The zero-order valence-corrected chi connectivity index (χ0v) is 15.9. The van der Waals surface area contributed by atoms with Gasteiger partial charge in [-0.2, -0.15) is 0 Å². The second-order valence-electron chi connectivity index (χ2n) is 7.14. The van der Waals surface area contributed by atoms with Crippen LogP contribution in [0.4, 0.5) is 0 Å². The van der Waals surface area contributed by atoms with Crippen LogP contribution in [0.15, 0.2) is 36.9 Å². The number of likely N-dealkylation sites (tertiary alicyclic amines) is 1. The van der Waals surface area contributed by atoms with E-state index in [9.17, 15) is 4.79 Å². The molecule has 2 aromatic rings. The number of hydrogen-bond acceptors (Lipinski definition) is 7. The Kier molecular flexibility index (Phi) is 6.08. The Morgan fingerprint density at radius 1 is 1.18 bits per heavy atom. The standard InChI is InChI=1S/C20H25N5O3/c26-20(15-24-7-9-27-10-8-24)25-6-2-3-16(14-25)18-12-22-13-19(23-18)28-17-4-1-5-21-11-17/h1,4-5,11-13,16H,2-3,6-10,14-15H2/t16-/m0/s1. The van der Waals surface area contributed by atoms with E-state index in [4.69, 9.17) is 9.47 Å². The maximum atomic E-state index is 12.7. The summed E-state index contributed by atoms with van der Waals surface area (Å²) >= 11 is 0. The van der Waals surface area contributed by atoms with Gasteiger partial charge < -0.3 is 14.4 Å². The van der Waals surface area contributed by atoms with Gasteiger partial charge in [0.15, 0.2) is 0 Å². The first-order valence-corrected chi connectivity index (χ1v) is 9.75. The van der Waals surface area contributed by atoms with E-state index in [1.807, 2.05) is 17.0 Å². The van der Waals surface area contributed by atoms with Crippen molar-refractivity contribution in [1.82, 2.24) is 24.8 Å². The summed E-state index contributed by atoms with van der Waals surface area (Å²) in [4.78, 5) is 29.8. The lowest BCUT2D eigenvalue weighted by Gasteiger charge is -2.34. The molecule has 2 aromatic heterocycles. The first kappa shape index (κ1) is 18.8. The molecule has 4 heterocycles. The molecular weight excluding hydrogens is 358 g/mol. The van der Waals surface area contributed by atoms with Crippen LogP contribution in [-0.4, -0.2) is 76.6 Å². The highest BCUT2D eigenvalue weighted by Gasteiger charge is 2.27. The minimum atomic E-state index is 0.173. The fourth-order valence-corrected chi connectivity index (χ4v) is 3.63. The summed E-state index contributed by atoms with van der Waals surface area (Å²) in [5, 5.41) is 0. The number of ether oxygens (including phenoxy) is 2. The molecule has 148 valence electrons. The van der Waals surface area contributed by atoms with Gasteiger partial charge in [-0.05, 0) is 25.0 Å². The van der Waals surface area contributed by atoms with Crippen molar-refractivity contribution >= 4 is 5.91 Å². The molecule has 2 aliphatic heterocycles. The van der Waals surface area contributed by atoms with E-state index in [0.717, 1.165) is 38.2 Å². The average Bonchev–Trinajstić information content (AvgIpc) is 2.75. The highest BCUT2D eigenvalue weighted by Crippen LogP contribution is 2.27. The highest BCUT2D eigenvalue weighted by molar-refractivity contribution is 5.78. The van der Waals surface area contributed by atoms with Crippen molar-refractivity contribution in [2.24, 2.45) is 0 Å². The van der Waals surface area contributed by atoms with Crippen molar-refractivity contribution in [1.29, 1.82) is 0 Å². The lowest BCUT2D eigenvalue weighted by atomic mass is 9.95. The number of carbonyl (C=O) groups is 1. The van der Waals surface area contributed by atoms with Gasteiger partial charge >= 0.3 is 0 Å². The van der Waals surface area contributed by atoms with Crippen molar-refractivity contribution in [2.45, 2.75) is 18.8 Å². The molecule has 2 aliphatic rings. The quantitative estimate of drug-likeness (QED) is 0.777. The van der Waals surface area contributed by atoms with Crippen LogP contribution in [0.25, 0.3) is 0 Å². The molecule has 8 nitrogen and oxygen atoms in total. The number of hydrogen-bond donors (Lipinski definition) is 0. The smallest absolute Gasteiger partial charge is 0.238 e. The average molecular weight is 383 g/mol. The molecule has 0 unspecified atom stereocenters. The van der Waals surface area contributed by atoms with Gasteiger partial charge in [-0.1, -0.05) is 0 Å². The molecular formula is C20H25N5O3. The lowest BCUT2D eigenvalue weighted by Crippen LogP contribution is -2.47. The first-order valence-electron chi connectivity index (χ1n) is 9.75. The number of carbonyl (C=O) groups excluding carboxylic acids is 1. The van der Waals surface area contributed by atoms with Gasteiger partial charge in [0.25, 0.3) is 0 Å². The van der Waals surface area contributed by atoms with Crippen LogP contribution in [0.5, 0.6) is 11.6 Å². The number of piperidine rings is 1. The third-order valence-corrected chi connectivity index (χ3v) is 5.14. The summed E-state index contributed by atoms with van der Waals surface area (Å²) in [7, 11) is 0. The van der Waals surface area contributed by atoms with Gasteiger partial charge in [0.2, 0.25) is 11.8 Å². The normalized spacial score (nSPS) is 20.7. The van der Waals surface area contributed by atoms with E-state index in [1.165, 1.54) is 0 Å². The van der Waals surface area contributed by atoms with E-state index in [2.05, 4.69) is 19.9 Å². The van der Waals surface area contributed by atoms with E-state index >= 15 is 0 Å². The number of morpholine rings is 1. The predicted molar refractivity (Wildman–Crippen MR) is 102 cm³/mol. The summed E-state index contributed by atoms with van der Waals surface area (Å²) in [6, 6.07) is 3.64. The Hall–Kier alpha value is -2.58. The Bertz CT molecular complexity index is 782. The van der Waals surface area contributed by atoms with Crippen LogP contribution in [0.1, 0.15) is 24.5 Å². The zero-order valence-electron chi connectivity index (χ0n) is 15.9. The van der Waals surface area contributed by atoms with Gasteiger partial charge in [-0.3, -0.25) is 19.7 Å². The van der Waals surface area contributed by atoms with Crippen molar-refractivity contribution < 1.29 is 14.3 Å². The molecule has 2 fully saturated rings. The van der Waals surface area contributed by atoms with Crippen LogP contribution >= 0.6 is 0 Å². The zero-order chi connectivity index (χ0) is 19.2. The molecule has 0 bridgehead atoms. The Labute approximate surface area is 164 Å². The molecule has 0 saturated carbocycles. The van der Waals surface area contributed by atoms with Crippen molar-refractivity contribution in [3.8, 4) is 11.6 Å². The van der Waals surface area contributed by atoms with E-state index in [1.54, 1.807) is 24.8 Å². The second-order valence-corrected chi connectivity index (χ2v) is 7.14. The van der Waals surface area contributed by atoms with Gasteiger partial charge in [-0.25, -0.2) is 4.98 Å². The molecule has 4 rings (SSSR count). The fourth-order valence-electron chi connectivity index (χ4n) is 3.63. The monoisotopic (exact) mass is 383 g/mol. The van der Waals surface area contributed by atoms with Crippen LogP contribution in [0.2, 0.25) is 0 Å². The van der Waals surface area contributed by atoms with Crippen molar-refractivity contribution in [3.63, 3.8) is 0 Å².